The molecule has 9 heteroatoms. The first-order valence-corrected chi connectivity index (χ1v) is 11.4. The molecule has 2 aromatic carbocycles. The van der Waals surface area contributed by atoms with E-state index < -0.39 is 45.4 Å². The molecule has 0 spiro atoms. The smallest absolute Gasteiger partial charge is 0.338 e. The second-order valence-electron chi connectivity index (χ2n) is 6.89. The lowest BCUT2D eigenvalue weighted by atomic mass is 10.1. The summed E-state index contributed by atoms with van der Waals surface area (Å²) in [5.74, 6) is -1.47. The number of halogens is 1. The lowest BCUT2D eigenvalue weighted by Crippen LogP contribution is -2.26. The third-order valence-corrected chi connectivity index (χ3v) is 6.34. The molecule has 0 aliphatic heterocycles. The van der Waals surface area contributed by atoms with Crippen molar-refractivity contribution in [3.63, 3.8) is 0 Å². The summed E-state index contributed by atoms with van der Waals surface area (Å²) in [6, 6.07) is 16.9. The summed E-state index contributed by atoms with van der Waals surface area (Å²) in [5, 5.41) is -0.675. The molecule has 3 rings (SSSR count). The number of ether oxygens (including phenoxy) is 2. The van der Waals surface area contributed by atoms with E-state index in [0.29, 0.717) is 11.1 Å². The minimum atomic E-state index is -3.89. The van der Waals surface area contributed by atoms with Gasteiger partial charge in [-0.3, -0.25) is 4.18 Å². The Morgan fingerprint density at radius 1 is 0.900 bits per heavy atom. The molecule has 1 fully saturated rings. The largest absolute Gasteiger partial charge is 0.462 e. The van der Waals surface area contributed by atoms with E-state index in [4.69, 9.17) is 25.3 Å². The van der Waals surface area contributed by atoms with Crippen LogP contribution in [-0.2, 0) is 23.8 Å². The average molecular weight is 453 g/mol. The Hall–Kier alpha value is -2.42. The van der Waals surface area contributed by atoms with Crippen LogP contribution in [0, 0.1) is 5.92 Å². The van der Waals surface area contributed by atoms with E-state index >= 15 is 0 Å². The van der Waals surface area contributed by atoms with Crippen molar-refractivity contribution in [3.8, 4) is 0 Å². The van der Waals surface area contributed by atoms with Crippen LogP contribution in [0.1, 0.15) is 33.6 Å². The van der Waals surface area contributed by atoms with E-state index in [1.165, 1.54) is 0 Å². The van der Waals surface area contributed by atoms with Crippen LogP contribution in [0.15, 0.2) is 60.7 Å². The Bertz CT molecular complexity index is 963. The van der Waals surface area contributed by atoms with Gasteiger partial charge in [0.25, 0.3) is 10.1 Å². The summed E-state index contributed by atoms with van der Waals surface area (Å²) in [7, 11) is -3.89. The van der Waals surface area contributed by atoms with Crippen LogP contribution < -0.4 is 0 Å². The zero-order valence-electron chi connectivity index (χ0n) is 16.0. The Balaban J connectivity index is 1.68. The van der Waals surface area contributed by atoms with E-state index in [0.717, 1.165) is 0 Å². The molecule has 30 heavy (non-hydrogen) atoms. The molecule has 1 aliphatic carbocycles. The molecule has 0 radical (unpaired) electrons. The van der Waals surface area contributed by atoms with Crippen molar-refractivity contribution in [3.05, 3.63) is 71.8 Å². The third-order valence-electron chi connectivity index (χ3n) is 4.71. The number of carbonyl (C=O) groups is 2. The first-order valence-electron chi connectivity index (χ1n) is 9.33. The molecule has 3 unspecified atom stereocenters. The predicted octanol–water partition coefficient (Wildman–Crippen LogP) is 3.39. The second kappa shape index (κ2) is 10.1. The highest BCUT2D eigenvalue weighted by molar-refractivity contribution is 7.87. The number of benzene rings is 2. The lowest BCUT2D eigenvalue weighted by molar-refractivity contribution is 0.00459. The number of carbonyl (C=O) groups excluding carboxylic acids is 2. The van der Waals surface area contributed by atoms with Gasteiger partial charge in [0.1, 0.15) is 11.3 Å². The molecule has 0 N–H and O–H groups in total. The summed E-state index contributed by atoms with van der Waals surface area (Å²) in [6.45, 7) is -0.0404. The summed E-state index contributed by atoms with van der Waals surface area (Å²) < 4.78 is 39.5. The van der Waals surface area contributed by atoms with Crippen molar-refractivity contribution in [2.24, 2.45) is 5.92 Å². The maximum absolute atomic E-state index is 12.4. The van der Waals surface area contributed by atoms with Gasteiger partial charge >= 0.3 is 11.9 Å². The van der Waals surface area contributed by atoms with Gasteiger partial charge in [0.15, 0.2) is 0 Å². The zero-order valence-corrected chi connectivity index (χ0v) is 17.6. The van der Waals surface area contributed by atoms with Gasteiger partial charge in [0.05, 0.1) is 23.8 Å². The highest BCUT2D eigenvalue weighted by Gasteiger charge is 2.40. The predicted molar refractivity (Wildman–Crippen MR) is 110 cm³/mol. The molecular formula is C21H21ClO7S. The van der Waals surface area contributed by atoms with Gasteiger partial charge in [-0.15, -0.1) is 11.6 Å². The topological polar surface area (TPSA) is 96.0 Å². The highest BCUT2D eigenvalue weighted by Crippen LogP contribution is 2.33. The van der Waals surface area contributed by atoms with Crippen LogP contribution in [0.3, 0.4) is 0 Å². The Kier molecular flexibility index (Phi) is 7.47. The van der Waals surface area contributed by atoms with Crippen LogP contribution in [0.4, 0.5) is 0 Å². The van der Waals surface area contributed by atoms with Gasteiger partial charge in [0.2, 0.25) is 0 Å². The normalized spacial score (nSPS) is 21.2. The molecule has 0 bridgehead atoms. The number of hydrogen-bond donors (Lipinski definition) is 0. The first-order chi connectivity index (χ1) is 14.4. The van der Waals surface area contributed by atoms with Crippen LogP contribution in [0.25, 0.3) is 0 Å². The zero-order chi connectivity index (χ0) is 21.6. The highest BCUT2D eigenvalue weighted by atomic mass is 35.5. The van der Waals surface area contributed by atoms with Crippen LogP contribution in [0.2, 0.25) is 0 Å². The van der Waals surface area contributed by atoms with E-state index in [-0.39, 0.29) is 19.4 Å². The lowest BCUT2D eigenvalue weighted by Gasteiger charge is -2.19. The number of esters is 2. The fourth-order valence-corrected chi connectivity index (χ4v) is 4.07. The van der Waals surface area contributed by atoms with E-state index in [1.807, 2.05) is 0 Å². The van der Waals surface area contributed by atoms with Crippen molar-refractivity contribution in [2.75, 3.05) is 11.8 Å². The van der Waals surface area contributed by atoms with E-state index in [2.05, 4.69) is 0 Å². The third kappa shape index (κ3) is 6.04. The Morgan fingerprint density at radius 2 is 1.47 bits per heavy atom. The quantitative estimate of drug-likeness (QED) is 0.344. The molecule has 3 atom stereocenters. The molecule has 0 saturated heterocycles. The van der Waals surface area contributed by atoms with Crippen LogP contribution in [0.5, 0.6) is 0 Å². The van der Waals surface area contributed by atoms with E-state index in [1.54, 1.807) is 60.7 Å². The number of hydrogen-bond acceptors (Lipinski definition) is 7. The number of alkyl halides is 1. The minimum Gasteiger partial charge on any atom is -0.462 e. The van der Waals surface area contributed by atoms with Gasteiger partial charge in [-0.05, 0) is 30.7 Å². The van der Waals surface area contributed by atoms with Gasteiger partial charge in [0, 0.05) is 12.3 Å². The van der Waals surface area contributed by atoms with Crippen LogP contribution >= 0.6 is 11.6 Å². The molecule has 7 nitrogen and oxygen atoms in total. The van der Waals surface area contributed by atoms with Gasteiger partial charge in [-0.2, -0.15) is 8.42 Å². The maximum Gasteiger partial charge on any atom is 0.338 e. The molecular weight excluding hydrogens is 432 g/mol. The maximum atomic E-state index is 12.4. The molecule has 0 heterocycles. The fourth-order valence-electron chi connectivity index (χ4n) is 3.29. The monoisotopic (exact) mass is 452 g/mol. The van der Waals surface area contributed by atoms with Crippen molar-refractivity contribution in [1.29, 1.82) is 0 Å². The molecule has 1 saturated carbocycles. The standard InChI is InChI=1S/C21H21ClO7S/c22-14-30(25,26)29-18-11-17(13-27-20(23)15-7-3-1-4-8-15)19(12-18)28-21(24)16-9-5-2-6-10-16/h1-10,17-19H,11-14H2. The van der Waals surface area contributed by atoms with Gasteiger partial charge in [-0.1, -0.05) is 36.4 Å². The summed E-state index contributed by atoms with van der Waals surface area (Å²) in [5.41, 5.74) is 0.765. The van der Waals surface area contributed by atoms with Crippen molar-refractivity contribution >= 4 is 33.7 Å². The first kappa shape index (κ1) is 22.3. The molecule has 2 aromatic rings. The molecule has 0 aromatic heterocycles. The Labute approximate surface area is 180 Å². The SMILES string of the molecule is O=C(OCC1CC(OS(=O)(=O)CCl)CC1OC(=O)c1ccccc1)c1ccccc1. The fraction of sp³-hybridized carbons (Fsp3) is 0.333. The average Bonchev–Trinajstić information content (AvgIpc) is 3.13. The van der Waals surface area contributed by atoms with E-state index in [9.17, 15) is 18.0 Å². The van der Waals surface area contributed by atoms with Gasteiger partial charge < -0.3 is 9.47 Å². The van der Waals surface area contributed by atoms with Crippen LogP contribution in [-0.4, -0.2) is 44.4 Å². The summed E-state index contributed by atoms with van der Waals surface area (Å²) in [4.78, 5) is 24.7. The summed E-state index contributed by atoms with van der Waals surface area (Å²) >= 11 is 5.41. The van der Waals surface area contributed by atoms with Crippen molar-refractivity contribution < 1.29 is 31.7 Å². The Morgan fingerprint density at radius 3 is 2.03 bits per heavy atom. The minimum absolute atomic E-state index is 0.0404. The number of rotatable bonds is 8. The molecule has 160 valence electrons. The molecule has 0 amide bonds. The summed E-state index contributed by atoms with van der Waals surface area (Å²) in [6.07, 6.45) is -0.993. The molecule has 1 aliphatic rings. The second-order valence-corrected chi connectivity index (χ2v) is 9.07. The van der Waals surface area contributed by atoms with Gasteiger partial charge in [-0.25, -0.2) is 9.59 Å². The van der Waals surface area contributed by atoms with Crippen molar-refractivity contribution in [2.45, 2.75) is 25.0 Å². The van der Waals surface area contributed by atoms with Crippen molar-refractivity contribution in [1.82, 2.24) is 0 Å².